The molecule has 6 nitrogen and oxygen atoms in total. The van der Waals surface area contributed by atoms with Crippen LogP contribution in [-0.2, 0) is 0 Å². The molecule has 1 fully saturated rings. The Kier molecular flexibility index (Phi) is 3.43. The highest BCUT2D eigenvalue weighted by atomic mass is 19.1. The van der Waals surface area contributed by atoms with Crippen molar-refractivity contribution in [1.82, 2.24) is 5.32 Å². The Hall–Kier alpha value is -2.09. The number of carbonyl (C=O) groups is 1. The molecule has 0 bridgehead atoms. The molecule has 0 atom stereocenters. The maximum atomic E-state index is 13.7. The van der Waals surface area contributed by atoms with Crippen molar-refractivity contribution in [3.63, 3.8) is 0 Å². The molecule has 102 valence electrons. The molecule has 1 saturated carbocycles. The number of nitrogens with two attached hydrogens (primary N) is 1. The number of rotatable bonds is 3. The average Bonchev–Trinajstić information content (AvgIpc) is 2.29. The van der Waals surface area contributed by atoms with Crippen LogP contribution in [-0.4, -0.2) is 22.9 Å². The molecule has 3 N–H and O–H groups in total. The third-order valence-electron chi connectivity index (χ3n) is 2.97. The van der Waals surface area contributed by atoms with Gasteiger partial charge in [-0.3, -0.25) is 14.9 Å². The Morgan fingerprint density at radius 2 is 2.05 bits per heavy atom. The van der Waals surface area contributed by atoms with E-state index in [0.717, 1.165) is 0 Å². The molecule has 0 aliphatic heterocycles. The lowest BCUT2D eigenvalue weighted by molar-refractivity contribution is -0.387. The largest absolute Gasteiger partial charge is 0.349 e. The third-order valence-corrected chi connectivity index (χ3v) is 2.97. The van der Waals surface area contributed by atoms with Gasteiger partial charge in [-0.2, -0.15) is 4.39 Å². The van der Waals surface area contributed by atoms with E-state index in [1.54, 1.807) is 0 Å². The monoisotopic (exact) mass is 271 g/mol. The Labute approximate surface area is 106 Å². The van der Waals surface area contributed by atoms with Crippen LogP contribution in [0.4, 0.5) is 14.5 Å². The van der Waals surface area contributed by atoms with E-state index in [-0.39, 0.29) is 12.1 Å². The summed E-state index contributed by atoms with van der Waals surface area (Å²) in [5, 5.41) is 13.0. The first-order valence-corrected chi connectivity index (χ1v) is 5.58. The number of carbonyl (C=O) groups excluding carboxylic acids is 1. The molecule has 0 spiro atoms. The molecule has 1 aliphatic rings. The number of nitro groups is 1. The van der Waals surface area contributed by atoms with E-state index in [1.165, 1.54) is 0 Å². The predicted molar refractivity (Wildman–Crippen MR) is 61.5 cm³/mol. The molecule has 0 radical (unpaired) electrons. The molecular weight excluding hydrogens is 260 g/mol. The second-order valence-electron chi connectivity index (χ2n) is 4.45. The summed E-state index contributed by atoms with van der Waals surface area (Å²) in [6.07, 6.45) is 1.09. The number of benzene rings is 1. The van der Waals surface area contributed by atoms with Crippen LogP contribution >= 0.6 is 0 Å². The van der Waals surface area contributed by atoms with E-state index in [4.69, 9.17) is 5.73 Å². The Bertz CT molecular complexity index is 544. The van der Waals surface area contributed by atoms with Crippen molar-refractivity contribution >= 4 is 11.6 Å². The minimum Gasteiger partial charge on any atom is -0.349 e. The number of halogens is 2. The van der Waals surface area contributed by atoms with Gasteiger partial charge in [-0.25, -0.2) is 4.39 Å². The van der Waals surface area contributed by atoms with Crippen molar-refractivity contribution in [2.45, 2.75) is 24.9 Å². The molecule has 19 heavy (non-hydrogen) atoms. The molecule has 1 aromatic carbocycles. The van der Waals surface area contributed by atoms with Crippen LogP contribution in [0.15, 0.2) is 12.1 Å². The smallest absolute Gasteiger partial charge is 0.308 e. The standard InChI is InChI=1S/C11H11F2N3O3/c12-5-1-8(10(13)9(2-5)16(18)19)11(17)15-7-3-6(14)4-7/h1-2,6-7H,3-4,14H2,(H,15,17). The number of hydrogen-bond donors (Lipinski definition) is 2. The van der Waals surface area contributed by atoms with Gasteiger partial charge in [0.2, 0.25) is 5.82 Å². The summed E-state index contributed by atoms with van der Waals surface area (Å²) in [7, 11) is 0. The first-order chi connectivity index (χ1) is 8.88. The SMILES string of the molecule is NC1CC(NC(=O)c2cc(F)cc([N+](=O)[O-])c2F)C1. The molecule has 0 heterocycles. The summed E-state index contributed by atoms with van der Waals surface area (Å²) < 4.78 is 26.9. The minimum absolute atomic E-state index is 0.0167. The van der Waals surface area contributed by atoms with E-state index >= 15 is 0 Å². The number of amides is 1. The van der Waals surface area contributed by atoms with Gasteiger partial charge in [-0.05, 0) is 18.9 Å². The van der Waals surface area contributed by atoms with Gasteiger partial charge in [0.15, 0.2) is 0 Å². The van der Waals surface area contributed by atoms with Crippen molar-refractivity contribution in [3.8, 4) is 0 Å². The van der Waals surface area contributed by atoms with Crippen molar-refractivity contribution in [3.05, 3.63) is 39.4 Å². The molecule has 1 amide bonds. The van der Waals surface area contributed by atoms with Gasteiger partial charge in [0, 0.05) is 12.1 Å². The molecule has 2 rings (SSSR count). The lowest BCUT2D eigenvalue weighted by atomic mass is 9.87. The van der Waals surface area contributed by atoms with Crippen LogP contribution in [0, 0.1) is 21.7 Å². The number of nitrogens with zero attached hydrogens (tertiary/aromatic N) is 1. The lowest BCUT2D eigenvalue weighted by Gasteiger charge is -2.32. The summed E-state index contributed by atoms with van der Waals surface area (Å²) in [6, 6.07) is 0.850. The minimum atomic E-state index is -1.34. The van der Waals surface area contributed by atoms with Crippen molar-refractivity contribution in [2.75, 3.05) is 0 Å². The van der Waals surface area contributed by atoms with Crippen LogP contribution in [0.25, 0.3) is 0 Å². The van der Waals surface area contributed by atoms with Gasteiger partial charge in [-0.1, -0.05) is 0 Å². The zero-order valence-electron chi connectivity index (χ0n) is 9.73. The zero-order chi connectivity index (χ0) is 14.2. The molecule has 1 aromatic rings. The molecular formula is C11H11F2N3O3. The maximum Gasteiger partial charge on any atom is 0.308 e. The summed E-state index contributed by atoms with van der Waals surface area (Å²) in [4.78, 5) is 21.2. The summed E-state index contributed by atoms with van der Waals surface area (Å²) in [5.74, 6) is -3.26. The van der Waals surface area contributed by atoms with Gasteiger partial charge in [0.1, 0.15) is 5.82 Å². The van der Waals surface area contributed by atoms with Crippen LogP contribution in [0.1, 0.15) is 23.2 Å². The summed E-state index contributed by atoms with van der Waals surface area (Å²) in [6.45, 7) is 0. The van der Waals surface area contributed by atoms with Crippen molar-refractivity contribution in [1.29, 1.82) is 0 Å². The first-order valence-electron chi connectivity index (χ1n) is 5.58. The van der Waals surface area contributed by atoms with E-state index in [2.05, 4.69) is 5.32 Å². The van der Waals surface area contributed by atoms with E-state index in [0.29, 0.717) is 25.0 Å². The second-order valence-corrected chi connectivity index (χ2v) is 4.45. The zero-order valence-corrected chi connectivity index (χ0v) is 9.73. The molecule has 1 aliphatic carbocycles. The lowest BCUT2D eigenvalue weighted by Crippen LogP contribution is -2.50. The summed E-state index contributed by atoms with van der Waals surface area (Å²) >= 11 is 0. The number of hydrogen-bond acceptors (Lipinski definition) is 4. The van der Waals surface area contributed by atoms with Crippen LogP contribution in [0.2, 0.25) is 0 Å². The summed E-state index contributed by atoms with van der Waals surface area (Å²) in [5.41, 5.74) is 3.79. The molecule has 0 saturated heterocycles. The third kappa shape index (κ3) is 2.68. The fourth-order valence-corrected chi connectivity index (χ4v) is 1.92. The van der Waals surface area contributed by atoms with E-state index in [9.17, 15) is 23.7 Å². The highest BCUT2D eigenvalue weighted by Gasteiger charge is 2.30. The Morgan fingerprint density at radius 3 is 2.58 bits per heavy atom. The van der Waals surface area contributed by atoms with Gasteiger partial charge in [0.25, 0.3) is 5.91 Å². The normalized spacial score (nSPS) is 21.6. The van der Waals surface area contributed by atoms with Crippen molar-refractivity contribution < 1.29 is 18.5 Å². The maximum absolute atomic E-state index is 13.7. The average molecular weight is 271 g/mol. The topological polar surface area (TPSA) is 98.3 Å². The molecule has 8 heteroatoms. The van der Waals surface area contributed by atoms with E-state index < -0.39 is 33.7 Å². The molecule has 0 unspecified atom stereocenters. The van der Waals surface area contributed by atoms with E-state index in [1.807, 2.05) is 0 Å². The quantitative estimate of drug-likeness (QED) is 0.635. The fraction of sp³-hybridized carbons (Fsp3) is 0.364. The highest BCUT2D eigenvalue weighted by Crippen LogP contribution is 2.24. The second kappa shape index (κ2) is 4.88. The van der Waals surface area contributed by atoms with Gasteiger partial charge >= 0.3 is 5.69 Å². The predicted octanol–water partition coefficient (Wildman–Crippen LogP) is 1.09. The Balaban J connectivity index is 2.23. The molecule has 0 aromatic heterocycles. The first kappa shape index (κ1) is 13.3. The number of nitro benzene ring substituents is 1. The Morgan fingerprint density at radius 1 is 1.42 bits per heavy atom. The van der Waals surface area contributed by atoms with Crippen molar-refractivity contribution in [2.24, 2.45) is 5.73 Å². The van der Waals surface area contributed by atoms with Gasteiger partial charge in [-0.15, -0.1) is 0 Å². The fourth-order valence-electron chi connectivity index (χ4n) is 1.92. The van der Waals surface area contributed by atoms with Crippen LogP contribution < -0.4 is 11.1 Å². The van der Waals surface area contributed by atoms with Gasteiger partial charge in [0.05, 0.1) is 16.6 Å². The number of nitrogens with one attached hydrogen (secondary N) is 1. The van der Waals surface area contributed by atoms with Crippen LogP contribution in [0.3, 0.4) is 0 Å². The van der Waals surface area contributed by atoms with Crippen LogP contribution in [0.5, 0.6) is 0 Å². The van der Waals surface area contributed by atoms with Gasteiger partial charge < -0.3 is 11.1 Å². The highest BCUT2D eigenvalue weighted by molar-refractivity contribution is 5.95.